The quantitative estimate of drug-likeness (QED) is 0.813. The molecule has 0 aliphatic carbocycles. The van der Waals surface area contributed by atoms with Gasteiger partial charge >= 0.3 is 0 Å². The standard InChI is InChI=1S/C17H20F2N2O4S/c1-16(2,3)13-9-14(21-25-13)20-15(22)17(4,5)26(23,24)12-7-6-10(18)8-11(12)19/h6-9H,1-5H3,(H,20,21,22). The minimum absolute atomic E-state index is 0.0442. The van der Waals surface area contributed by atoms with Crippen LogP contribution in [0.4, 0.5) is 14.6 Å². The molecule has 0 radical (unpaired) electrons. The SMILES string of the molecule is CC(C)(C)c1cc(NC(=O)C(C)(C)S(=O)(=O)c2ccc(F)cc2F)no1. The summed E-state index contributed by atoms with van der Waals surface area (Å²) in [6.07, 6.45) is 0. The van der Waals surface area contributed by atoms with Crippen LogP contribution in [-0.2, 0) is 20.0 Å². The van der Waals surface area contributed by atoms with Crippen molar-refractivity contribution in [1.29, 1.82) is 0 Å². The number of hydrogen-bond donors (Lipinski definition) is 1. The van der Waals surface area contributed by atoms with E-state index in [2.05, 4.69) is 10.5 Å². The van der Waals surface area contributed by atoms with E-state index in [0.29, 0.717) is 11.8 Å². The van der Waals surface area contributed by atoms with Crippen molar-refractivity contribution in [1.82, 2.24) is 5.16 Å². The molecule has 142 valence electrons. The van der Waals surface area contributed by atoms with E-state index in [4.69, 9.17) is 4.52 Å². The highest BCUT2D eigenvalue weighted by atomic mass is 32.2. The lowest BCUT2D eigenvalue weighted by Gasteiger charge is -2.23. The van der Waals surface area contributed by atoms with Crippen LogP contribution in [0.2, 0.25) is 0 Å². The molecule has 1 amide bonds. The van der Waals surface area contributed by atoms with Crippen molar-refractivity contribution in [2.75, 3.05) is 5.32 Å². The molecule has 0 aliphatic heterocycles. The van der Waals surface area contributed by atoms with Crippen LogP contribution in [0, 0.1) is 11.6 Å². The first-order valence-corrected chi connectivity index (χ1v) is 9.23. The van der Waals surface area contributed by atoms with Crippen molar-refractivity contribution >= 4 is 21.6 Å². The molecule has 0 atom stereocenters. The summed E-state index contributed by atoms with van der Waals surface area (Å²) in [5.74, 6) is -2.56. The summed E-state index contributed by atoms with van der Waals surface area (Å²) in [5, 5.41) is 6.06. The fraction of sp³-hybridized carbons (Fsp3) is 0.412. The second-order valence-corrected chi connectivity index (χ2v) is 9.84. The molecule has 0 bridgehead atoms. The van der Waals surface area contributed by atoms with Gasteiger partial charge in [-0.3, -0.25) is 4.79 Å². The van der Waals surface area contributed by atoms with Crippen molar-refractivity contribution in [3.63, 3.8) is 0 Å². The topological polar surface area (TPSA) is 89.3 Å². The molecule has 0 saturated carbocycles. The van der Waals surface area contributed by atoms with Crippen molar-refractivity contribution in [3.05, 3.63) is 41.7 Å². The number of benzene rings is 1. The van der Waals surface area contributed by atoms with Gasteiger partial charge in [-0.2, -0.15) is 0 Å². The Labute approximate surface area is 150 Å². The van der Waals surface area contributed by atoms with Crippen molar-refractivity contribution < 1.29 is 26.5 Å². The first-order chi connectivity index (χ1) is 11.8. The zero-order valence-corrected chi connectivity index (χ0v) is 15.9. The number of hydrogen-bond acceptors (Lipinski definition) is 5. The van der Waals surface area contributed by atoms with E-state index in [1.807, 2.05) is 20.8 Å². The molecular weight excluding hydrogens is 366 g/mol. The average molecular weight is 386 g/mol. The van der Waals surface area contributed by atoms with Crippen LogP contribution < -0.4 is 5.32 Å². The lowest BCUT2D eigenvalue weighted by atomic mass is 9.93. The number of aromatic nitrogens is 1. The maximum atomic E-state index is 13.9. The molecule has 1 aromatic heterocycles. The number of rotatable bonds is 4. The fourth-order valence-electron chi connectivity index (χ4n) is 2.04. The van der Waals surface area contributed by atoms with Crippen LogP contribution in [0.5, 0.6) is 0 Å². The molecule has 0 unspecified atom stereocenters. The Hall–Kier alpha value is -2.29. The molecule has 2 rings (SSSR count). The van der Waals surface area contributed by atoms with Crippen molar-refractivity contribution in [2.45, 2.75) is 49.7 Å². The Morgan fingerprint density at radius 1 is 1.12 bits per heavy atom. The average Bonchev–Trinajstić information content (AvgIpc) is 2.95. The predicted molar refractivity (Wildman–Crippen MR) is 91.5 cm³/mol. The predicted octanol–water partition coefficient (Wildman–Crippen LogP) is 3.44. The number of halogens is 2. The van der Waals surface area contributed by atoms with Gasteiger partial charge in [0.05, 0.1) is 0 Å². The van der Waals surface area contributed by atoms with Gasteiger partial charge in [0.25, 0.3) is 0 Å². The lowest BCUT2D eigenvalue weighted by molar-refractivity contribution is -0.117. The number of carbonyl (C=O) groups excluding carboxylic acids is 1. The summed E-state index contributed by atoms with van der Waals surface area (Å²) in [5.41, 5.74) is -0.352. The van der Waals surface area contributed by atoms with Crippen LogP contribution in [0.1, 0.15) is 40.4 Å². The van der Waals surface area contributed by atoms with E-state index in [1.165, 1.54) is 6.07 Å². The van der Waals surface area contributed by atoms with E-state index in [1.54, 1.807) is 0 Å². The zero-order chi connectivity index (χ0) is 19.9. The molecule has 9 heteroatoms. The molecule has 1 N–H and O–H groups in total. The normalized spacial score (nSPS) is 12.9. The number of nitrogens with zero attached hydrogens (tertiary/aromatic N) is 1. The third-order valence-corrected chi connectivity index (χ3v) is 6.33. The molecule has 26 heavy (non-hydrogen) atoms. The van der Waals surface area contributed by atoms with Crippen molar-refractivity contribution in [2.24, 2.45) is 0 Å². The van der Waals surface area contributed by atoms with Crippen molar-refractivity contribution in [3.8, 4) is 0 Å². The zero-order valence-electron chi connectivity index (χ0n) is 15.1. The molecule has 2 aromatic rings. The highest BCUT2D eigenvalue weighted by Gasteiger charge is 2.44. The summed E-state index contributed by atoms with van der Waals surface area (Å²) < 4.78 is 55.5. The van der Waals surface area contributed by atoms with E-state index in [0.717, 1.165) is 26.0 Å². The number of anilines is 1. The van der Waals surface area contributed by atoms with Crippen LogP contribution in [-0.4, -0.2) is 24.2 Å². The Kier molecular flexibility index (Phi) is 4.97. The van der Waals surface area contributed by atoms with Crippen LogP contribution >= 0.6 is 0 Å². The van der Waals surface area contributed by atoms with Gasteiger partial charge in [0.1, 0.15) is 27.0 Å². The van der Waals surface area contributed by atoms with Gasteiger partial charge in [0.2, 0.25) is 5.91 Å². The molecule has 1 aromatic carbocycles. The van der Waals surface area contributed by atoms with Crippen LogP contribution in [0.15, 0.2) is 33.7 Å². The largest absolute Gasteiger partial charge is 0.359 e. The maximum Gasteiger partial charge on any atom is 0.246 e. The summed E-state index contributed by atoms with van der Waals surface area (Å²) in [7, 11) is -4.44. The lowest BCUT2D eigenvalue weighted by Crippen LogP contribution is -2.44. The highest BCUT2D eigenvalue weighted by molar-refractivity contribution is 7.93. The number of amides is 1. The molecule has 0 fully saturated rings. The smallest absolute Gasteiger partial charge is 0.246 e. The van der Waals surface area contributed by atoms with Gasteiger partial charge in [0, 0.05) is 17.5 Å². The first-order valence-electron chi connectivity index (χ1n) is 7.75. The minimum Gasteiger partial charge on any atom is -0.359 e. The second kappa shape index (κ2) is 6.46. The summed E-state index contributed by atoms with van der Waals surface area (Å²) >= 11 is 0. The molecule has 6 nitrogen and oxygen atoms in total. The van der Waals surface area contributed by atoms with Crippen LogP contribution in [0.25, 0.3) is 0 Å². The molecule has 0 aliphatic rings. The highest BCUT2D eigenvalue weighted by Crippen LogP contribution is 2.30. The van der Waals surface area contributed by atoms with Gasteiger partial charge in [-0.05, 0) is 26.0 Å². The van der Waals surface area contributed by atoms with Gasteiger partial charge in [-0.25, -0.2) is 17.2 Å². The van der Waals surface area contributed by atoms with E-state index < -0.39 is 37.0 Å². The summed E-state index contributed by atoms with van der Waals surface area (Å²) in [4.78, 5) is 11.8. The first kappa shape index (κ1) is 20.0. The molecule has 0 saturated heterocycles. The molecule has 1 heterocycles. The van der Waals surface area contributed by atoms with E-state index in [9.17, 15) is 22.0 Å². The fourth-order valence-corrected chi connectivity index (χ4v) is 3.45. The van der Waals surface area contributed by atoms with Crippen LogP contribution in [0.3, 0.4) is 0 Å². The van der Waals surface area contributed by atoms with Gasteiger partial charge < -0.3 is 9.84 Å². The van der Waals surface area contributed by atoms with E-state index in [-0.39, 0.29) is 11.2 Å². The number of nitrogens with one attached hydrogen (secondary N) is 1. The molecule has 0 spiro atoms. The van der Waals surface area contributed by atoms with Gasteiger partial charge in [-0.15, -0.1) is 0 Å². The monoisotopic (exact) mass is 386 g/mol. The Bertz CT molecular complexity index is 944. The second-order valence-electron chi connectivity index (χ2n) is 7.37. The Morgan fingerprint density at radius 3 is 2.23 bits per heavy atom. The third kappa shape index (κ3) is 3.62. The van der Waals surface area contributed by atoms with E-state index >= 15 is 0 Å². The van der Waals surface area contributed by atoms with Gasteiger partial charge in [0.15, 0.2) is 15.7 Å². The van der Waals surface area contributed by atoms with Gasteiger partial charge in [-0.1, -0.05) is 25.9 Å². The number of carbonyl (C=O) groups is 1. The summed E-state index contributed by atoms with van der Waals surface area (Å²) in [6, 6.07) is 3.55. The number of sulfone groups is 1. The Morgan fingerprint density at radius 2 is 1.73 bits per heavy atom. The molecular formula is C17H20F2N2O4S. The maximum absolute atomic E-state index is 13.9. The minimum atomic E-state index is -4.44. The Balaban J connectivity index is 2.33. The third-order valence-electron chi connectivity index (χ3n) is 3.89. The summed E-state index contributed by atoms with van der Waals surface area (Å²) in [6.45, 7) is 7.90.